The molecule has 0 aromatic carbocycles. The van der Waals surface area contributed by atoms with E-state index >= 15 is 0 Å². The molecule has 0 amide bonds. The fourth-order valence-corrected chi connectivity index (χ4v) is 3.60. The van der Waals surface area contributed by atoms with Gasteiger partial charge in [0.15, 0.2) is 5.96 Å². The summed E-state index contributed by atoms with van der Waals surface area (Å²) in [5.74, 6) is 0.799. The molecule has 0 saturated carbocycles. The van der Waals surface area contributed by atoms with E-state index in [1.54, 1.807) is 22.7 Å². The summed E-state index contributed by atoms with van der Waals surface area (Å²) in [4.78, 5) is 11.5. The molecule has 0 bridgehead atoms. The van der Waals surface area contributed by atoms with Gasteiger partial charge >= 0.3 is 0 Å². The number of aliphatic imine (C=N–C) groups is 1. The largest absolute Gasteiger partial charge is 0.357 e. The monoisotopic (exact) mass is 470 g/mol. The van der Waals surface area contributed by atoms with Gasteiger partial charge in [0.25, 0.3) is 0 Å². The van der Waals surface area contributed by atoms with Gasteiger partial charge in [0.1, 0.15) is 5.01 Å². The number of hydrogen-bond donors (Lipinski definition) is 2. The normalized spacial score (nSPS) is 11.2. The molecule has 0 aliphatic heterocycles. The van der Waals surface area contributed by atoms with Crippen molar-refractivity contribution in [3.8, 4) is 0 Å². The summed E-state index contributed by atoms with van der Waals surface area (Å²) >= 11 is 9.21. The zero-order valence-corrected chi connectivity index (χ0v) is 17.5. The molecule has 4 nitrogen and oxygen atoms in total. The van der Waals surface area contributed by atoms with Gasteiger partial charge in [-0.2, -0.15) is 0 Å². The summed E-state index contributed by atoms with van der Waals surface area (Å²) in [6.07, 6.45) is 0. The molecule has 22 heavy (non-hydrogen) atoms. The number of hydrogen-bond acceptors (Lipinski definition) is 4. The number of thiophene rings is 1. The van der Waals surface area contributed by atoms with Gasteiger partial charge in [-0.15, -0.1) is 46.7 Å². The van der Waals surface area contributed by atoms with Crippen LogP contribution in [-0.2, 0) is 13.1 Å². The third kappa shape index (κ3) is 6.02. The highest BCUT2D eigenvalue weighted by Crippen LogP contribution is 2.21. The van der Waals surface area contributed by atoms with Crippen LogP contribution in [0.25, 0.3) is 0 Å². The molecule has 2 N–H and O–H groups in total. The highest BCUT2D eigenvalue weighted by atomic mass is 127. The molecule has 0 spiro atoms. The molecule has 0 unspecified atom stereocenters. The second-order valence-corrected chi connectivity index (χ2v) is 7.59. The number of guanidine groups is 1. The van der Waals surface area contributed by atoms with Crippen molar-refractivity contribution in [2.45, 2.75) is 33.9 Å². The number of nitrogens with one attached hydrogen (secondary N) is 2. The highest BCUT2D eigenvalue weighted by molar-refractivity contribution is 14.0. The Kier molecular flexibility index (Phi) is 8.66. The van der Waals surface area contributed by atoms with E-state index in [2.05, 4.69) is 34.5 Å². The van der Waals surface area contributed by atoms with E-state index in [0.717, 1.165) is 32.4 Å². The zero-order chi connectivity index (χ0) is 15.2. The highest BCUT2D eigenvalue weighted by Gasteiger charge is 2.05. The van der Waals surface area contributed by atoms with Crippen LogP contribution in [0.2, 0.25) is 4.34 Å². The Hall–Kier alpha value is -0.380. The molecule has 2 heterocycles. The minimum atomic E-state index is 0. The maximum Gasteiger partial charge on any atom is 0.191 e. The molecule has 0 radical (unpaired) electrons. The first-order valence-corrected chi connectivity index (χ1v) is 8.79. The first-order valence-electron chi connectivity index (χ1n) is 6.77. The average molecular weight is 471 g/mol. The number of halogens is 2. The van der Waals surface area contributed by atoms with Gasteiger partial charge in [0, 0.05) is 16.3 Å². The van der Waals surface area contributed by atoms with Crippen LogP contribution in [0.15, 0.2) is 17.1 Å². The van der Waals surface area contributed by atoms with Crippen molar-refractivity contribution in [2.24, 2.45) is 4.99 Å². The zero-order valence-electron chi connectivity index (χ0n) is 12.8. The minimum absolute atomic E-state index is 0. The van der Waals surface area contributed by atoms with Gasteiger partial charge in [-0.3, -0.25) is 0 Å². The fourth-order valence-electron chi connectivity index (χ4n) is 1.71. The third-order valence-corrected chi connectivity index (χ3v) is 5.13. The third-order valence-electron chi connectivity index (χ3n) is 2.85. The summed E-state index contributed by atoms with van der Waals surface area (Å²) in [6, 6.07) is 3.91. The Morgan fingerprint density at radius 1 is 1.27 bits per heavy atom. The van der Waals surface area contributed by atoms with Crippen LogP contribution in [0.3, 0.4) is 0 Å². The predicted molar refractivity (Wildman–Crippen MR) is 108 cm³/mol. The molecule has 2 aromatic heterocycles. The first-order chi connectivity index (χ1) is 10.1. The van der Waals surface area contributed by atoms with Crippen molar-refractivity contribution in [3.63, 3.8) is 0 Å². The van der Waals surface area contributed by atoms with Crippen LogP contribution in [0.5, 0.6) is 0 Å². The predicted octanol–water partition coefficient (Wildman–Crippen LogP) is 4.35. The molecule has 2 rings (SSSR count). The van der Waals surface area contributed by atoms with Crippen LogP contribution in [0.1, 0.15) is 27.4 Å². The molecular formula is C14H20ClIN4S2. The van der Waals surface area contributed by atoms with Crippen LogP contribution in [-0.4, -0.2) is 17.5 Å². The van der Waals surface area contributed by atoms with Crippen LogP contribution in [0.4, 0.5) is 0 Å². The smallest absolute Gasteiger partial charge is 0.191 e. The van der Waals surface area contributed by atoms with E-state index in [9.17, 15) is 0 Å². The van der Waals surface area contributed by atoms with Gasteiger partial charge in [0.05, 0.1) is 23.1 Å². The summed E-state index contributed by atoms with van der Waals surface area (Å²) in [6.45, 7) is 8.33. The van der Waals surface area contributed by atoms with Gasteiger partial charge in [-0.05, 0) is 32.9 Å². The van der Waals surface area contributed by atoms with E-state index in [4.69, 9.17) is 11.6 Å². The van der Waals surface area contributed by atoms with Gasteiger partial charge in [0.2, 0.25) is 0 Å². The quantitative estimate of drug-likeness (QED) is 0.388. The Balaban J connectivity index is 0.00000242. The van der Waals surface area contributed by atoms with Crippen molar-refractivity contribution in [1.29, 1.82) is 0 Å². The molecular weight excluding hydrogens is 451 g/mol. The number of thiazole rings is 1. The van der Waals surface area contributed by atoms with Gasteiger partial charge < -0.3 is 10.6 Å². The van der Waals surface area contributed by atoms with Gasteiger partial charge in [-0.25, -0.2) is 9.98 Å². The van der Waals surface area contributed by atoms with Crippen molar-refractivity contribution in [2.75, 3.05) is 6.54 Å². The van der Waals surface area contributed by atoms with Crippen LogP contribution in [0, 0.1) is 13.8 Å². The first kappa shape index (κ1) is 19.7. The molecule has 0 aliphatic carbocycles. The Labute approximate surface area is 161 Å². The summed E-state index contributed by atoms with van der Waals surface area (Å²) in [7, 11) is 0. The summed E-state index contributed by atoms with van der Waals surface area (Å²) < 4.78 is 0.798. The molecule has 8 heteroatoms. The van der Waals surface area contributed by atoms with E-state index in [1.807, 2.05) is 19.1 Å². The SMILES string of the molecule is CCNC(=NCc1ccc(Cl)s1)NCc1nc(C)c(C)s1.I. The standard InChI is InChI=1S/C14H19ClN4S2.HI/c1-4-16-14(17-7-11-5-6-12(15)21-11)18-8-13-19-9(2)10(3)20-13;/h5-6H,4,7-8H2,1-3H3,(H2,16,17,18);1H. The van der Waals surface area contributed by atoms with E-state index in [-0.39, 0.29) is 24.0 Å². The molecule has 0 fully saturated rings. The number of rotatable bonds is 5. The molecule has 0 saturated heterocycles. The van der Waals surface area contributed by atoms with Crippen LogP contribution < -0.4 is 10.6 Å². The number of nitrogens with zero attached hydrogens (tertiary/aromatic N) is 2. The van der Waals surface area contributed by atoms with Crippen molar-refractivity contribution < 1.29 is 0 Å². The lowest BCUT2D eigenvalue weighted by Gasteiger charge is -2.09. The topological polar surface area (TPSA) is 49.3 Å². The maximum absolute atomic E-state index is 5.93. The molecule has 2 aromatic rings. The van der Waals surface area contributed by atoms with E-state index < -0.39 is 0 Å². The molecule has 0 atom stereocenters. The number of aromatic nitrogens is 1. The summed E-state index contributed by atoms with van der Waals surface area (Å²) in [5.41, 5.74) is 1.10. The lowest BCUT2D eigenvalue weighted by molar-refractivity contribution is 0.811. The Morgan fingerprint density at radius 2 is 2.05 bits per heavy atom. The fraction of sp³-hybridized carbons (Fsp3) is 0.429. The second kappa shape index (κ2) is 9.69. The maximum atomic E-state index is 5.93. The molecule has 122 valence electrons. The van der Waals surface area contributed by atoms with Crippen molar-refractivity contribution in [1.82, 2.24) is 15.6 Å². The lowest BCUT2D eigenvalue weighted by atomic mass is 10.4. The average Bonchev–Trinajstić information content (AvgIpc) is 3.00. The number of aryl methyl sites for hydroxylation is 2. The minimum Gasteiger partial charge on any atom is -0.357 e. The Morgan fingerprint density at radius 3 is 2.59 bits per heavy atom. The second-order valence-electron chi connectivity index (χ2n) is 4.50. The molecule has 0 aliphatic rings. The van der Waals surface area contributed by atoms with Crippen molar-refractivity contribution >= 4 is 64.2 Å². The van der Waals surface area contributed by atoms with Crippen molar-refractivity contribution in [3.05, 3.63) is 36.9 Å². The van der Waals surface area contributed by atoms with Gasteiger partial charge in [-0.1, -0.05) is 11.6 Å². The van der Waals surface area contributed by atoms with E-state index in [0.29, 0.717) is 13.1 Å². The van der Waals surface area contributed by atoms with E-state index in [1.165, 1.54) is 4.88 Å². The van der Waals surface area contributed by atoms with Crippen LogP contribution >= 0.6 is 58.3 Å². The summed E-state index contributed by atoms with van der Waals surface area (Å²) in [5, 5.41) is 7.63. The lowest BCUT2D eigenvalue weighted by Crippen LogP contribution is -2.36. The Bertz CT molecular complexity index is 605.